The third-order valence-electron chi connectivity index (χ3n) is 6.07. The van der Waals surface area contributed by atoms with Crippen LogP contribution in [0.4, 0.5) is 0 Å². The zero-order valence-electron chi connectivity index (χ0n) is 25.5. The monoisotopic (exact) mass is 588 g/mol. The van der Waals surface area contributed by atoms with Gasteiger partial charge in [-0.25, -0.2) is 0 Å². The van der Waals surface area contributed by atoms with Crippen molar-refractivity contribution < 1.29 is 37.9 Å². The first-order valence-electron chi connectivity index (χ1n) is 13.8. The van der Waals surface area contributed by atoms with E-state index in [0.29, 0.717) is 51.1 Å². The molecule has 3 rings (SSSR count). The molecule has 0 atom stereocenters. The van der Waals surface area contributed by atoms with E-state index in [1.807, 2.05) is 64.1 Å². The van der Waals surface area contributed by atoms with Crippen LogP contribution in [0.25, 0.3) is 20.9 Å². The van der Waals surface area contributed by atoms with Crippen molar-refractivity contribution in [2.75, 3.05) is 54.9 Å². The number of benzene rings is 2. The fraction of sp³-hybridized carbons (Fsp3) is 0.500. The lowest BCUT2D eigenvalue weighted by atomic mass is 10.00. The van der Waals surface area contributed by atoms with E-state index < -0.39 is 0 Å². The fourth-order valence-corrected chi connectivity index (χ4v) is 5.78. The van der Waals surface area contributed by atoms with Crippen LogP contribution in [0.1, 0.15) is 38.8 Å². The van der Waals surface area contributed by atoms with Crippen LogP contribution in [-0.4, -0.2) is 67.1 Å². The van der Waals surface area contributed by atoms with Crippen LogP contribution < -0.4 is 18.9 Å². The van der Waals surface area contributed by atoms with Crippen molar-refractivity contribution in [3.63, 3.8) is 0 Å². The van der Waals surface area contributed by atoms with Gasteiger partial charge in [0, 0.05) is 35.1 Å². The summed E-state index contributed by atoms with van der Waals surface area (Å²) in [7, 11) is 6.67. The molecule has 2 aromatic carbocycles. The van der Waals surface area contributed by atoms with Gasteiger partial charge in [0.1, 0.15) is 23.0 Å². The minimum Gasteiger partial charge on any atom is -0.496 e. The molecule has 0 spiro atoms. The summed E-state index contributed by atoms with van der Waals surface area (Å²) in [5.41, 5.74) is 3.70. The molecule has 1 aromatic heterocycles. The Hall–Kier alpha value is -2.82. The molecule has 0 unspecified atom stereocenters. The van der Waals surface area contributed by atoms with Gasteiger partial charge in [0.25, 0.3) is 0 Å². The van der Waals surface area contributed by atoms with Crippen LogP contribution >= 0.6 is 11.3 Å². The van der Waals surface area contributed by atoms with Gasteiger partial charge in [-0.2, -0.15) is 0 Å². The molecule has 0 saturated heterocycles. The first-order valence-corrected chi connectivity index (χ1v) is 14.6. The third kappa shape index (κ3) is 8.59. The zero-order valence-corrected chi connectivity index (χ0v) is 26.4. The lowest BCUT2D eigenvalue weighted by molar-refractivity contribution is 0.0539. The van der Waals surface area contributed by atoms with Crippen molar-refractivity contribution in [3.8, 4) is 43.9 Å². The molecule has 226 valence electrons. The molecule has 0 radical (unpaired) electrons. The molecule has 0 aliphatic heterocycles. The van der Waals surface area contributed by atoms with Gasteiger partial charge in [0.2, 0.25) is 0 Å². The van der Waals surface area contributed by atoms with Crippen molar-refractivity contribution in [2.45, 2.75) is 53.1 Å². The Balaban J connectivity index is 2.35. The maximum atomic E-state index is 6.30. The van der Waals surface area contributed by atoms with Gasteiger partial charge in [-0.15, -0.1) is 11.3 Å². The second-order valence-electron chi connectivity index (χ2n) is 9.81. The molecule has 0 bridgehead atoms. The molecule has 41 heavy (non-hydrogen) atoms. The minimum absolute atomic E-state index is 0.0289. The van der Waals surface area contributed by atoms with Gasteiger partial charge < -0.3 is 37.9 Å². The number of methoxy groups -OCH3 is 4. The van der Waals surface area contributed by atoms with Gasteiger partial charge in [0.15, 0.2) is 0 Å². The second-order valence-corrected chi connectivity index (χ2v) is 10.8. The average molecular weight is 589 g/mol. The standard InChI is InChI=1S/C32H44O8S/c1-21(2)39-27-13-9-11-25(35-7)29(27)31-23(19-37-17-15-33-5)24(20-38-18-16-34-6)32(41-31)30-26(36-8)12-10-14-28(30)40-22(3)4/h9-14,21-22H,15-20H2,1-8H3. The average Bonchev–Trinajstić information content (AvgIpc) is 3.29. The Labute approximate surface area is 248 Å². The quantitative estimate of drug-likeness (QED) is 0.147. The highest BCUT2D eigenvalue weighted by Gasteiger charge is 2.28. The number of thiophene rings is 1. The highest BCUT2D eigenvalue weighted by Crippen LogP contribution is 2.52. The van der Waals surface area contributed by atoms with E-state index in [9.17, 15) is 0 Å². The fourth-order valence-electron chi connectivity index (χ4n) is 4.36. The predicted molar refractivity (Wildman–Crippen MR) is 163 cm³/mol. The number of rotatable bonds is 18. The van der Waals surface area contributed by atoms with E-state index in [-0.39, 0.29) is 12.2 Å². The zero-order chi connectivity index (χ0) is 29.8. The first kappa shape index (κ1) is 32.7. The third-order valence-corrected chi connectivity index (χ3v) is 7.38. The lowest BCUT2D eigenvalue weighted by Gasteiger charge is -2.18. The largest absolute Gasteiger partial charge is 0.496 e. The molecule has 3 aromatic rings. The molecule has 0 aliphatic rings. The number of hydrogen-bond acceptors (Lipinski definition) is 9. The summed E-state index contributed by atoms with van der Waals surface area (Å²) in [5.74, 6) is 2.88. The SMILES string of the molecule is COCCOCc1c(-c2c(OC)cccc2OC(C)C)sc(-c2c(OC)cccc2OC(C)C)c1COCCOC. The van der Waals surface area contributed by atoms with Gasteiger partial charge in [-0.1, -0.05) is 12.1 Å². The van der Waals surface area contributed by atoms with Crippen LogP contribution in [0, 0.1) is 0 Å². The van der Waals surface area contributed by atoms with Gasteiger partial charge in [-0.3, -0.25) is 0 Å². The summed E-state index contributed by atoms with van der Waals surface area (Å²) >= 11 is 1.62. The highest BCUT2D eigenvalue weighted by atomic mass is 32.1. The molecule has 0 amide bonds. The predicted octanol–water partition coefficient (Wildman–Crippen LogP) is 7.00. The normalized spacial score (nSPS) is 11.4. The molecule has 8 nitrogen and oxygen atoms in total. The minimum atomic E-state index is -0.0289. The van der Waals surface area contributed by atoms with Crippen LogP contribution in [0.2, 0.25) is 0 Å². The van der Waals surface area contributed by atoms with Gasteiger partial charge in [-0.05, 0) is 52.0 Å². The first-order chi connectivity index (χ1) is 19.9. The Kier molecular flexibility index (Phi) is 13.2. The maximum Gasteiger partial charge on any atom is 0.132 e. The summed E-state index contributed by atoms with van der Waals surface area (Å²) in [6, 6.07) is 11.7. The van der Waals surface area contributed by atoms with Crippen molar-refractivity contribution in [2.24, 2.45) is 0 Å². The molecule has 9 heteroatoms. The van der Waals surface area contributed by atoms with Gasteiger partial charge in [0.05, 0.1) is 77.2 Å². The highest BCUT2D eigenvalue weighted by molar-refractivity contribution is 7.19. The van der Waals surface area contributed by atoms with E-state index in [2.05, 4.69) is 0 Å². The van der Waals surface area contributed by atoms with Gasteiger partial charge >= 0.3 is 0 Å². The summed E-state index contributed by atoms with van der Waals surface area (Å²) in [6.07, 6.45) is -0.0578. The molecule has 1 heterocycles. The Bertz CT molecular complexity index is 1130. The molecular formula is C32H44O8S. The van der Waals surface area contributed by atoms with Crippen LogP contribution in [0.5, 0.6) is 23.0 Å². The summed E-state index contributed by atoms with van der Waals surface area (Å²) in [6.45, 7) is 10.6. The lowest BCUT2D eigenvalue weighted by Crippen LogP contribution is -2.09. The molecule has 0 aliphatic carbocycles. The van der Waals surface area contributed by atoms with Crippen molar-refractivity contribution in [1.82, 2.24) is 0 Å². The maximum absolute atomic E-state index is 6.30. The number of ether oxygens (including phenoxy) is 8. The van der Waals surface area contributed by atoms with Crippen LogP contribution in [-0.2, 0) is 32.2 Å². The van der Waals surface area contributed by atoms with E-state index in [0.717, 1.165) is 43.5 Å². The molecular weight excluding hydrogens is 544 g/mol. The summed E-state index contributed by atoms with van der Waals surface area (Å²) in [4.78, 5) is 1.94. The topological polar surface area (TPSA) is 73.8 Å². The number of hydrogen-bond donors (Lipinski definition) is 0. The Morgan fingerprint density at radius 3 is 1.29 bits per heavy atom. The summed E-state index contributed by atoms with van der Waals surface area (Å²) < 4.78 is 47.1. The van der Waals surface area contributed by atoms with E-state index in [1.54, 1.807) is 39.8 Å². The Morgan fingerprint density at radius 2 is 0.951 bits per heavy atom. The second kappa shape index (κ2) is 16.6. The van der Waals surface area contributed by atoms with E-state index in [4.69, 9.17) is 37.9 Å². The van der Waals surface area contributed by atoms with Crippen molar-refractivity contribution >= 4 is 11.3 Å². The summed E-state index contributed by atoms with van der Waals surface area (Å²) in [5, 5.41) is 0. The van der Waals surface area contributed by atoms with Crippen LogP contribution in [0.15, 0.2) is 36.4 Å². The van der Waals surface area contributed by atoms with Crippen LogP contribution in [0.3, 0.4) is 0 Å². The van der Waals surface area contributed by atoms with Crippen molar-refractivity contribution in [3.05, 3.63) is 47.5 Å². The van der Waals surface area contributed by atoms with E-state index in [1.165, 1.54) is 0 Å². The molecule has 0 N–H and O–H groups in total. The van der Waals surface area contributed by atoms with E-state index >= 15 is 0 Å². The Morgan fingerprint density at radius 1 is 0.561 bits per heavy atom. The van der Waals surface area contributed by atoms with Crippen molar-refractivity contribution in [1.29, 1.82) is 0 Å². The molecule has 0 saturated carbocycles. The molecule has 0 fully saturated rings. The smallest absolute Gasteiger partial charge is 0.132 e.